The van der Waals surface area contributed by atoms with Gasteiger partial charge in [0.25, 0.3) is 0 Å². The molecule has 0 saturated carbocycles. The maximum atomic E-state index is 13.5. The second-order valence-corrected chi connectivity index (χ2v) is 3.83. The predicted molar refractivity (Wildman–Crippen MR) is 58.2 cm³/mol. The monoisotopic (exact) mass is 224 g/mol. The largest absolute Gasteiger partial charge is 0.465 e. The Hall–Kier alpha value is -1.78. The molecule has 2 rings (SSSR count). The summed E-state index contributed by atoms with van der Waals surface area (Å²) in [6.45, 7) is 0.489. The highest BCUT2D eigenvalue weighted by molar-refractivity contribution is 5.65. The van der Waals surface area contributed by atoms with Crippen LogP contribution in [-0.2, 0) is 6.42 Å². The van der Waals surface area contributed by atoms with E-state index in [0.717, 1.165) is 5.69 Å². The third-order valence-corrected chi connectivity index (χ3v) is 2.73. The first-order valence-electron chi connectivity index (χ1n) is 5.17. The summed E-state index contributed by atoms with van der Waals surface area (Å²) in [7, 11) is 0. The highest BCUT2D eigenvalue weighted by Gasteiger charge is 2.18. The van der Waals surface area contributed by atoms with E-state index in [4.69, 9.17) is 5.11 Å². The molecule has 0 fully saturated rings. The fraction of sp³-hybridized carbons (Fsp3) is 0.364. The standard InChI is InChI=1S/C11H13FN2O2/c12-9-2-1-3-10-8(9)5-4-7(6-13-10)14-11(15)16/h1-3,7,13-14H,4-6H2,(H,15,16). The molecule has 0 aromatic heterocycles. The third kappa shape index (κ3) is 2.24. The van der Waals surface area contributed by atoms with E-state index in [1.807, 2.05) is 6.07 Å². The van der Waals surface area contributed by atoms with Gasteiger partial charge in [-0.1, -0.05) is 6.07 Å². The molecule has 0 spiro atoms. The van der Waals surface area contributed by atoms with E-state index in [0.29, 0.717) is 24.9 Å². The highest BCUT2D eigenvalue weighted by atomic mass is 19.1. The first kappa shape index (κ1) is 10.7. The van der Waals surface area contributed by atoms with Crippen molar-refractivity contribution in [1.29, 1.82) is 0 Å². The number of fused-ring (bicyclic) bond motifs is 1. The number of hydrogen-bond acceptors (Lipinski definition) is 2. The zero-order valence-electron chi connectivity index (χ0n) is 8.66. The lowest BCUT2D eigenvalue weighted by Gasteiger charge is -2.13. The molecule has 4 nitrogen and oxygen atoms in total. The van der Waals surface area contributed by atoms with Crippen LogP contribution in [0.15, 0.2) is 18.2 Å². The Balaban J connectivity index is 2.13. The Bertz CT molecular complexity index is 409. The van der Waals surface area contributed by atoms with E-state index in [9.17, 15) is 9.18 Å². The summed E-state index contributed by atoms with van der Waals surface area (Å²) < 4.78 is 13.5. The second-order valence-electron chi connectivity index (χ2n) is 3.83. The lowest BCUT2D eigenvalue weighted by Crippen LogP contribution is -2.38. The van der Waals surface area contributed by atoms with Gasteiger partial charge >= 0.3 is 6.09 Å². The van der Waals surface area contributed by atoms with Gasteiger partial charge in [0.15, 0.2) is 0 Å². The maximum absolute atomic E-state index is 13.5. The molecule has 16 heavy (non-hydrogen) atoms. The topological polar surface area (TPSA) is 61.4 Å². The van der Waals surface area contributed by atoms with E-state index in [2.05, 4.69) is 10.6 Å². The lowest BCUT2D eigenvalue weighted by atomic mass is 10.1. The SMILES string of the molecule is O=C(O)NC1CCc2c(F)cccc2NC1. The number of anilines is 1. The van der Waals surface area contributed by atoms with Crippen LogP contribution in [0.25, 0.3) is 0 Å². The maximum Gasteiger partial charge on any atom is 0.404 e. The summed E-state index contributed by atoms with van der Waals surface area (Å²) in [4.78, 5) is 10.5. The number of halogens is 1. The van der Waals surface area contributed by atoms with Crippen LogP contribution in [0.3, 0.4) is 0 Å². The number of benzene rings is 1. The van der Waals surface area contributed by atoms with Gasteiger partial charge in [-0.2, -0.15) is 0 Å². The van der Waals surface area contributed by atoms with Crippen LogP contribution in [0.4, 0.5) is 14.9 Å². The fourth-order valence-corrected chi connectivity index (χ4v) is 1.93. The van der Waals surface area contributed by atoms with Gasteiger partial charge in [0.1, 0.15) is 5.82 Å². The lowest BCUT2D eigenvalue weighted by molar-refractivity contribution is 0.190. The van der Waals surface area contributed by atoms with Gasteiger partial charge in [-0.15, -0.1) is 0 Å². The Morgan fingerprint density at radius 1 is 1.56 bits per heavy atom. The number of rotatable bonds is 1. The minimum atomic E-state index is -1.04. The van der Waals surface area contributed by atoms with E-state index in [1.54, 1.807) is 6.07 Å². The van der Waals surface area contributed by atoms with Crippen molar-refractivity contribution in [2.75, 3.05) is 11.9 Å². The van der Waals surface area contributed by atoms with Crippen LogP contribution in [-0.4, -0.2) is 23.8 Å². The van der Waals surface area contributed by atoms with E-state index in [1.165, 1.54) is 6.07 Å². The van der Waals surface area contributed by atoms with Gasteiger partial charge in [0.05, 0.1) is 0 Å². The van der Waals surface area contributed by atoms with Crippen molar-refractivity contribution in [3.05, 3.63) is 29.6 Å². The van der Waals surface area contributed by atoms with Crippen LogP contribution >= 0.6 is 0 Å². The number of carboxylic acid groups (broad SMARTS) is 1. The molecular weight excluding hydrogens is 211 g/mol. The molecule has 1 aliphatic rings. The minimum absolute atomic E-state index is 0.177. The zero-order chi connectivity index (χ0) is 11.5. The average molecular weight is 224 g/mol. The molecule has 3 N–H and O–H groups in total. The van der Waals surface area contributed by atoms with Crippen molar-refractivity contribution >= 4 is 11.8 Å². The Morgan fingerprint density at radius 2 is 2.38 bits per heavy atom. The molecule has 86 valence electrons. The van der Waals surface area contributed by atoms with Crippen molar-refractivity contribution in [2.45, 2.75) is 18.9 Å². The molecule has 5 heteroatoms. The number of amides is 1. The molecule has 1 aromatic carbocycles. The van der Waals surface area contributed by atoms with Gasteiger partial charge in [0.2, 0.25) is 0 Å². The molecule has 1 unspecified atom stereocenters. The van der Waals surface area contributed by atoms with Gasteiger partial charge in [-0.3, -0.25) is 0 Å². The normalized spacial score (nSPS) is 19.2. The minimum Gasteiger partial charge on any atom is -0.465 e. The van der Waals surface area contributed by atoms with Crippen molar-refractivity contribution < 1.29 is 14.3 Å². The van der Waals surface area contributed by atoms with Crippen molar-refractivity contribution in [1.82, 2.24) is 5.32 Å². The fourth-order valence-electron chi connectivity index (χ4n) is 1.93. The molecule has 1 aliphatic heterocycles. The number of hydrogen-bond donors (Lipinski definition) is 3. The first-order chi connectivity index (χ1) is 7.66. The van der Waals surface area contributed by atoms with Gasteiger partial charge < -0.3 is 15.7 Å². The molecule has 1 aromatic rings. The number of nitrogens with one attached hydrogen (secondary N) is 2. The first-order valence-corrected chi connectivity index (χ1v) is 5.17. The molecular formula is C11H13FN2O2. The number of carbonyl (C=O) groups is 1. The molecule has 0 radical (unpaired) electrons. The van der Waals surface area contributed by atoms with Gasteiger partial charge in [-0.05, 0) is 25.0 Å². The molecule has 0 saturated heterocycles. The van der Waals surface area contributed by atoms with Crippen LogP contribution in [0.5, 0.6) is 0 Å². The Kier molecular flexibility index (Phi) is 2.94. The van der Waals surface area contributed by atoms with E-state index < -0.39 is 6.09 Å². The molecule has 0 aliphatic carbocycles. The van der Waals surface area contributed by atoms with Crippen LogP contribution in [0.2, 0.25) is 0 Å². The summed E-state index contributed by atoms with van der Waals surface area (Å²) in [5.41, 5.74) is 1.40. The smallest absolute Gasteiger partial charge is 0.404 e. The molecule has 0 bridgehead atoms. The van der Waals surface area contributed by atoms with Crippen LogP contribution in [0, 0.1) is 5.82 Å². The highest BCUT2D eigenvalue weighted by Crippen LogP contribution is 2.23. The summed E-state index contributed by atoms with van der Waals surface area (Å²) in [6.07, 6.45) is 0.103. The predicted octanol–water partition coefficient (Wildman–Crippen LogP) is 1.82. The second kappa shape index (κ2) is 4.38. The quantitative estimate of drug-likeness (QED) is 0.681. The van der Waals surface area contributed by atoms with Gasteiger partial charge in [-0.25, -0.2) is 9.18 Å². The third-order valence-electron chi connectivity index (χ3n) is 2.73. The summed E-state index contributed by atoms with van der Waals surface area (Å²) in [5.74, 6) is -0.235. The summed E-state index contributed by atoms with van der Waals surface area (Å²) in [5, 5.41) is 14.1. The van der Waals surface area contributed by atoms with Crippen LogP contribution < -0.4 is 10.6 Å². The summed E-state index contributed by atoms with van der Waals surface area (Å²) >= 11 is 0. The van der Waals surface area contributed by atoms with Crippen molar-refractivity contribution in [3.8, 4) is 0 Å². The average Bonchev–Trinajstić information content (AvgIpc) is 2.42. The van der Waals surface area contributed by atoms with Crippen LogP contribution in [0.1, 0.15) is 12.0 Å². The van der Waals surface area contributed by atoms with Crippen molar-refractivity contribution in [3.63, 3.8) is 0 Å². The van der Waals surface area contributed by atoms with E-state index in [-0.39, 0.29) is 11.9 Å². The van der Waals surface area contributed by atoms with Crippen molar-refractivity contribution in [2.24, 2.45) is 0 Å². The zero-order valence-corrected chi connectivity index (χ0v) is 8.66. The Morgan fingerprint density at radius 3 is 3.12 bits per heavy atom. The van der Waals surface area contributed by atoms with E-state index >= 15 is 0 Å². The molecule has 1 atom stereocenters. The molecule has 1 heterocycles. The summed E-state index contributed by atoms with van der Waals surface area (Å²) in [6, 6.07) is 4.70. The molecule has 1 amide bonds. The Labute approximate surface area is 92.5 Å². The van der Waals surface area contributed by atoms with Gasteiger partial charge in [0, 0.05) is 23.8 Å².